The Kier molecular flexibility index (Phi) is 7.08. The number of ether oxygens (including phenoxy) is 1. The number of oxazole rings is 1. The first-order chi connectivity index (χ1) is 20.3. The molecule has 2 heterocycles. The molecule has 6 nitrogen and oxygen atoms in total. The van der Waals surface area contributed by atoms with Crippen LogP contribution >= 0.6 is 0 Å². The highest BCUT2D eigenvalue weighted by Gasteiger charge is 2.36. The van der Waals surface area contributed by atoms with E-state index in [0.717, 1.165) is 39.0 Å². The van der Waals surface area contributed by atoms with Crippen LogP contribution in [0, 0.1) is 5.82 Å². The molecule has 2 aromatic heterocycles. The Hall–Kier alpha value is -5.17. The van der Waals surface area contributed by atoms with Crippen LogP contribution in [0.3, 0.4) is 0 Å². The fourth-order valence-electron chi connectivity index (χ4n) is 5.54. The minimum absolute atomic E-state index is 0.224. The van der Waals surface area contributed by atoms with Crippen LogP contribution in [0.2, 0.25) is 0 Å². The smallest absolute Gasteiger partial charge is 0.335 e. The molecule has 0 amide bonds. The predicted octanol–water partition coefficient (Wildman–Crippen LogP) is 7.95. The van der Waals surface area contributed by atoms with Gasteiger partial charge in [0.25, 0.3) is 0 Å². The van der Waals surface area contributed by atoms with Gasteiger partial charge < -0.3 is 18.8 Å². The van der Waals surface area contributed by atoms with Gasteiger partial charge in [0.05, 0.1) is 22.7 Å². The molecule has 0 spiro atoms. The number of hydrogen-bond donors (Lipinski definition) is 1. The zero-order valence-corrected chi connectivity index (χ0v) is 23.3. The molecular formula is C35H29FN2O4. The first-order valence-electron chi connectivity index (χ1n) is 13.6. The van der Waals surface area contributed by atoms with Crippen molar-refractivity contribution in [2.24, 2.45) is 0 Å². The topological polar surface area (TPSA) is 77.5 Å². The molecule has 6 rings (SSSR count). The van der Waals surface area contributed by atoms with Crippen molar-refractivity contribution >= 4 is 16.9 Å². The van der Waals surface area contributed by atoms with E-state index in [-0.39, 0.29) is 11.4 Å². The molecule has 0 saturated carbocycles. The Balaban J connectivity index is 1.62. The van der Waals surface area contributed by atoms with Gasteiger partial charge in [-0.25, -0.2) is 14.2 Å². The molecule has 4 aromatic carbocycles. The molecule has 0 aliphatic rings. The molecule has 0 radical (unpaired) electrons. The highest BCUT2D eigenvalue weighted by atomic mass is 19.1. The Morgan fingerprint density at radius 1 is 0.929 bits per heavy atom. The zero-order valence-electron chi connectivity index (χ0n) is 23.3. The van der Waals surface area contributed by atoms with Crippen LogP contribution in [-0.2, 0) is 18.4 Å². The summed E-state index contributed by atoms with van der Waals surface area (Å²) in [5, 5.41) is 10.4. The van der Waals surface area contributed by atoms with E-state index in [1.54, 1.807) is 30.5 Å². The summed E-state index contributed by atoms with van der Waals surface area (Å²) in [6, 6.07) is 29.3. The lowest BCUT2D eigenvalue weighted by molar-refractivity contribution is 0.0697. The summed E-state index contributed by atoms with van der Waals surface area (Å²) in [6.07, 6.45) is 3.62. The standard InChI is InChI=1S/C35H29FN2O4/c1-35(2,31-20-37-22-42-31)33-28(19-23-11-13-25(14-12-23)34(39)40)32-29(38(33)27-17-15-26(36)16-18-27)9-6-10-30(32)41-21-24-7-4-3-5-8-24/h3-18,20,22H,19,21H2,1-2H3,(H,39,40). The van der Waals surface area contributed by atoms with E-state index in [2.05, 4.69) is 23.4 Å². The summed E-state index contributed by atoms with van der Waals surface area (Å²) in [7, 11) is 0. The van der Waals surface area contributed by atoms with Crippen molar-refractivity contribution in [1.82, 2.24) is 9.55 Å². The van der Waals surface area contributed by atoms with Crippen LogP contribution in [0.5, 0.6) is 5.75 Å². The molecule has 0 bridgehead atoms. The number of carboxylic acids is 1. The molecule has 0 saturated heterocycles. The Morgan fingerprint density at radius 3 is 2.33 bits per heavy atom. The molecule has 7 heteroatoms. The number of benzene rings is 4. The molecule has 1 N–H and O–H groups in total. The Morgan fingerprint density at radius 2 is 1.67 bits per heavy atom. The molecule has 0 aliphatic heterocycles. The molecular weight excluding hydrogens is 531 g/mol. The molecule has 42 heavy (non-hydrogen) atoms. The molecule has 6 aromatic rings. The van der Waals surface area contributed by atoms with Crippen molar-refractivity contribution < 1.29 is 23.4 Å². The second-order valence-corrected chi connectivity index (χ2v) is 10.7. The van der Waals surface area contributed by atoms with Crippen LogP contribution in [0.25, 0.3) is 16.6 Å². The van der Waals surface area contributed by atoms with Crippen LogP contribution < -0.4 is 4.74 Å². The minimum Gasteiger partial charge on any atom is -0.488 e. The number of rotatable bonds is 9. The highest BCUT2D eigenvalue weighted by molar-refractivity contribution is 5.94. The molecule has 0 unspecified atom stereocenters. The van der Waals surface area contributed by atoms with E-state index in [9.17, 15) is 14.3 Å². The number of halogens is 1. The number of nitrogens with zero attached hydrogens (tertiary/aromatic N) is 2. The van der Waals surface area contributed by atoms with Gasteiger partial charge in [-0.3, -0.25) is 0 Å². The molecule has 0 aliphatic carbocycles. The number of carboxylic acid groups (broad SMARTS) is 1. The lowest BCUT2D eigenvalue weighted by atomic mass is 9.82. The molecule has 210 valence electrons. The number of fused-ring (bicyclic) bond motifs is 1. The summed E-state index contributed by atoms with van der Waals surface area (Å²) in [4.78, 5) is 15.7. The van der Waals surface area contributed by atoms with Crippen molar-refractivity contribution in [3.63, 3.8) is 0 Å². The van der Waals surface area contributed by atoms with E-state index in [4.69, 9.17) is 9.15 Å². The minimum atomic E-state index is -0.974. The van der Waals surface area contributed by atoms with Crippen molar-refractivity contribution in [1.29, 1.82) is 0 Å². The zero-order chi connectivity index (χ0) is 29.3. The Bertz CT molecular complexity index is 1840. The van der Waals surface area contributed by atoms with Gasteiger partial charge in [0.1, 0.15) is 23.9 Å². The first-order valence-corrected chi connectivity index (χ1v) is 13.6. The van der Waals surface area contributed by atoms with Crippen molar-refractivity contribution in [3.8, 4) is 11.4 Å². The third kappa shape index (κ3) is 5.05. The van der Waals surface area contributed by atoms with Crippen molar-refractivity contribution in [3.05, 3.63) is 149 Å². The third-order valence-corrected chi connectivity index (χ3v) is 7.60. The summed E-state index contributed by atoms with van der Waals surface area (Å²) in [5.74, 6) is 0.0852. The highest BCUT2D eigenvalue weighted by Crippen LogP contribution is 2.44. The van der Waals surface area contributed by atoms with Gasteiger partial charge in [-0.15, -0.1) is 0 Å². The van der Waals surface area contributed by atoms with Gasteiger partial charge in [-0.2, -0.15) is 0 Å². The molecule has 0 fully saturated rings. The number of carbonyl (C=O) groups is 1. The normalized spacial score (nSPS) is 11.6. The monoisotopic (exact) mass is 560 g/mol. The number of aromatic nitrogens is 2. The Labute approximate surface area is 242 Å². The second-order valence-electron chi connectivity index (χ2n) is 10.7. The average molecular weight is 561 g/mol. The van der Waals surface area contributed by atoms with Gasteiger partial charge in [0, 0.05) is 23.2 Å². The fraction of sp³-hybridized carbons (Fsp3) is 0.143. The van der Waals surface area contributed by atoms with Crippen LogP contribution in [-0.4, -0.2) is 20.6 Å². The van der Waals surface area contributed by atoms with E-state index in [1.165, 1.54) is 18.5 Å². The van der Waals surface area contributed by atoms with Crippen molar-refractivity contribution in [2.45, 2.75) is 32.3 Å². The van der Waals surface area contributed by atoms with E-state index in [1.807, 2.05) is 60.7 Å². The van der Waals surface area contributed by atoms with E-state index in [0.29, 0.717) is 24.5 Å². The van der Waals surface area contributed by atoms with Gasteiger partial charge in [0.15, 0.2) is 6.39 Å². The quantitative estimate of drug-likeness (QED) is 0.194. The van der Waals surface area contributed by atoms with Crippen molar-refractivity contribution in [2.75, 3.05) is 0 Å². The molecule has 0 atom stereocenters. The predicted molar refractivity (Wildman–Crippen MR) is 159 cm³/mol. The van der Waals surface area contributed by atoms with Crippen LogP contribution in [0.1, 0.15) is 52.3 Å². The summed E-state index contributed by atoms with van der Waals surface area (Å²) in [6.45, 7) is 4.53. The summed E-state index contributed by atoms with van der Waals surface area (Å²) in [5.41, 5.74) is 5.13. The number of aromatic carboxylic acids is 1. The van der Waals surface area contributed by atoms with Gasteiger partial charge in [0.2, 0.25) is 0 Å². The second kappa shape index (κ2) is 11.0. The maximum Gasteiger partial charge on any atom is 0.335 e. The van der Waals surface area contributed by atoms with Crippen LogP contribution in [0.15, 0.2) is 114 Å². The lowest BCUT2D eigenvalue weighted by Crippen LogP contribution is -2.24. The SMILES string of the molecule is CC(C)(c1cnco1)c1c(Cc2ccc(C(=O)O)cc2)c2c(OCc3ccccc3)cccc2n1-c1ccc(F)cc1. The number of hydrogen-bond acceptors (Lipinski definition) is 4. The average Bonchev–Trinajstić information content (AvgIpc) is 3.66. The summed E-state index contributed by atoms with van der Waals surface area (Å²) >= 11 is 0. The first kappa shape index (κ1) is 27.0. The van der Waals surface area contributed by atoms with Gasteiger partial charge in [-0.05, 0) is 79.1 Å². The van der Waals surface area contributed by atoms with Crippen LogP contribution in [0.4, 0.5) is 4.39 Å². The third-order valence-electron chi connectivity index (χ3n) is 7.60. The van der Waals surface area contributed by atoms with E-state index >= 15 is 0 Å². The maximum absolute atomic E-state index is 14.1. The van der Waals surface area contributed by atoms with E-state index < -0.39 is 11.4 Å². The van der Waals surface area contributed by atoms with Gasteiger partial charge in [-0.1, -0.05) is 48.5 Å². The largest absolute Gasteiger partial charge is 0.488 e. The summed E-state index contributed by atoms with van der Waals surface area (Å²) < 4.78 is 28.6. The fourth-order valence-corrected chi connectivity index (χ4v) is 5.54. The van der Waals surface area contributed by atoms with Gasteiger partial charge >= 0.3 is 5.97 Å². The maximum atomic E-state index is 14.1. The lowest BCUT2D eigenvalue weighted by Gasteiger charge is -2.27.